The molecule has 0 heterocycles. The summed E-state index contributed by atoms with van der Waals surface area (Å²) in [6, 6.07) is 24.6. The minimum absolute atomic E-state index is 0.435. The maximum atomic E-state index is 5.39. The lowest BCUT2D eigenvalue weighted by atomic mass is 10.1. The molecule has 0 saturated heterocycles. The van der Waals surface area contributed by atoms with Gasteiger partial charge >= 0.3 is 0 Å². The molecule has 0 aliphatic heterocycles. The molecule has 52 heavy (non-hydrogen) atoms. The van der Waals surface area contributed by atoms with Gasteiger partial charge < -0.3 is 21.3 Å². The van der Waals surface area contributed by atoms with Crippen LogP contribution >= 0.6 is 46.0 Å². The van der Waals surface area contributed by atoms with Gasteiger partial charge in [-0.15, -0.1) is 20.4 Å². The van der Waals surface area contributed by atoms with Gasteiger partial charge in [0.15, 0.2) is 20.6 Å². The van der Waals surface area contributed by atoms with Crippen LogP contribution in [0.1, 0.15) is 49.9 Å². The Bertz CT molecular complexity index is 2040. The van der Waals surface area contributed by atoms with E-state index in [4.69, 9.17) is 34.6 Å². The standard InChI is InChI=1S/C36H38N12S4/c1-5-37-33(49)45-41-29-23-17-9-13-21-15-11-19-25(27(21)23)31(29)43-47-35(39-7-3)51-52-36(40-8-4)48-44-32-26-20-12-16-22-14-10-18-24(28(22)26)30(32)42-46-34(50)38-6-2/h9-20H,5-8H2,1-4H3,(H,39,47)(H,40,48)(H2,37,45,49)(H2,38,46,50)/b41-29-,42-30-,43-31+,44-32+. The van der Waals surface area contributed by atoms with Gasteiger partial charge in [-0.3, -0.25) is 10.9 Å². The third-order valence-electron chi connectivity index (χ3n) is 7.83. The van der Waals surface area contributed by atoms with E-state index in [2.05, 4.69) is 76.8 Å². The third kappa shape index (κ3) is 8.09. The Labute approximate surface area is 321 Å². The highest BCUT2D eigenvalue weighted by molar-refractivity contribution is 8.87. The highest BCUT2D eigenvalue weighted by atomic mass is 33.1. The van der Waals surface area contributed by atoms with E-state index in [0.29, 0.717) is 69.6 Å². The van der Waals surface area contributed by atoms with Gasteiger partial charge in [-0.2, -0.15) is 10.2 Å². The average Bonchev–Trinajstić information content (AvgIpc) is 3.63. The summed E-state index contributed by atoms with van der Waals surface area (Å²) in [5.41, 5.74) is 12.4. The van der Waals surface area contributed by atoms with Crippen molar-refractivity contribution >= 4 is 111 Å². The third-order valence-corrected chi connectivity index (χ3v) is 10.3. The Hall–Kier alpha value is -4.90. The van der Waals surface area contributed by atoms with Gasteiger partial charge in [-0.25, -0.2) is 0 Å². The normalized spacial score (nSPS) is 16.7. The van der Waals surface area contributed by atoms with Crippen LogP contribution < -0.4 is 32.1 Å². The first-order valence-electron chi connectivity index (χ1n) is 16.9. The first kappa shape index (κ1) is 36.9. The van der Waals surface area contributed by atoms with Gasteiger partial charge in [0.25, 0.3) is 0 Å². The maximum Gasteiger partial charge on any atom is 0.194 e. The van der Waals surface area contributed by atoms with Crippen molar-refractivity contribution in [3.05, 3.63) is 95.1 Å². The Kier molecular flexibility index (Phi) is 12.4. The molecule has 0 unspecified atom stereocenters. The predicted molar refractivity (Wildman–Crippen MR) is 230 cm³/mol. The molecule has 4 aromatic carbocycles. The summed E-state index contributed by atoms with van der Waals surface area (Å²) in [5.74, 6) is 0. The fourth-order valence-electron chi connectivity index (χ4n) is 5.76. The van der Waals surface area contributed by atoms with Crippen LogP contribution in [0.25, 0.3) is 21.5 Å². The van der Waals surface area contributed by atoms with E-state index < -0.39 is 0 Å². The summed E-state index contributed by atoms with van der Waals surface area (Å²) in [6.07, 6.45) is 0. The Balaban J connectivity index is 1.31. The lowest BCUT2D eigenvalue weighted by Crippen LogP contribution is -2.33. The van der Waals surface area contributed by atoms with E-state index in [1.54, 1.807) is 0 Å². The number of benzene rings is 4. The number of rotatable bonds is 8. The van der Waals surface area contributed by atoms with Crippen molar-refractivity contribution in [1.82, 2.24) is 32.1 Å². The lowest BCUT2D eigenvalue weighted by molar-refractivity contribution is 0.902. The molecule has 0 spiro atoms. The van der Waals surface area contributed by atoms with E-state index in [-0.39, 0.29) is 0 Å². The fourth-order valence-corrected chi connectivity index (χ4v) is 7.88. The van der Waals surface area contributed by atoms with Crippen molar-refractivity contribution in [1.29, 1.82) is 0 Å². The Morgan fingerprint density at radius 1 is 0.500 bits per heavy atom. The minimum atomic E-state index is 0.435. The number of nitrogens with zero attached hydrogens (tertiary/aromatic N) is 6. The summed E-state index contributed by atoms with van der Waals surface area (Å²) in [4.78, 5) is 0. The second-order valence-electron chi connectivity index (χ2n) is 11.2. The first-order chi connectivity index (χ1) is 25.5. The summed E-state index contributed by atoms with van der Waals surface area (Å²) >= 11 is 10.8. The molecule has 2 aliphatic carbocycles. The van der Waals surface area contributed by atoms with Gasteiger partial charge in [0.2, 0.25) is 0 Å². The molecule has 0 atom stereocenters. The molecule has 0 amide bonds. The number of amidine groups is 2. The van der Waals surface area contributed by atoms with Crippen molar-refractivity contribution < 1.29 is 0 Å². The molecular formula is C36H38N12S4. The summed E-state index contributed by atoms with van der Waals surface area (Å²) in [6.45, 7) is 10.6. The van der Waals surface area contributed by atoms with Gasteiger partial charge in [-0.1, -0.05) is 72.8 Å². The number of hydrazone groups is 2. The van der Waals surface area contributed by atoms with Crippen molar-refractivity contribution in [3.8, 4) is 0 Å². The van der Waals surface area contributed by atoms with Gasteiger partial charge in [0, 0.05) is 59.2 Å². The monoisotopic (exact) mass is 766 g/mol. The van der Waals surface area contributed by atoms with E-state index in [0.717, 1.165) is 43.8 Å². The molecule has 12 nitrogen and oxygen atoms in total. The molecule has 6 rings (SSSR count). The predicted octanol–water partition coefficient (Wildman–Crippen LogP) is 5.82. The zero-order valence-electron chi connectivity index (χ0n) is 29.1. The van der Waals surface area contributed by atoms with Crippen LogP contribution in [0.3, 0.4) is 0 Å². The first-order valence-corrected chi connectivity index (χ1v) is 19.9. The van der Waals surface area contributed by atoms with Crippen molar-refractivity contribution in [2.24, 2.45) is 30.6 Å². The van der Waals surface area contributed by atoms with Crippen molar-refractivity contribution in [2.45, 2.75) is 27.7 Å². The highest BCUT2D eigenvalue weighted by Crippen LogP contribution is 2.33. The Morgan fingerprint density at radius 3 is 1.19 bits per heavy atom. The van der Waals surface area contributed by atoms with Gasteiger partial charge in [-0.05, 0) is 84.5 Å². The molecule has 0 fully saturated rings. The second-order valence-corrected chi connectivity index (χ2v) is 14.1. The van der Waals surface area contributed by atoms with Gasteiger partial charge in [0.1, 0.15) is 22.8 Å². The molecule has 0 radical (unpaired) electrons. The minimum Gasteiger partial charge on any atom is -0.363 e. The van der Waals surface area contributed by atoms with Crippen LogP contribution in [0.4, 0.5) is 0 Å². The van der Waals surface area contributed by atoms with E-state index >= 15 is 0 Å². The number of hydrogen-bond donors (Lipinski definition) is 6. The van der Waals surface area contributed by atoms with Crippen LogP contribution in [0.15, 0.2) is 103 Å². The quantitative estimate of drug-likeness (QED) is 0.0427. The van der Waals surface area contributed by atoms with E-state index in [1.807, 2.05) is 76.2 Å². The van der Waals surface area contributed by atoms with Crippen LogP contribution in [0.5, 0.6) is 0 Å². The largest absolute Gasteiger partial charge is 0.363 e. The summed E-state index contributed by atoms with van der Waals surface area (Å²) in [7, 11) is 2.79. The van der Waals surface area contributed by atoms with Crippen molar-refractivity contribution in [3.63, 3.8) is 0 Å². The summed E-state index contributed by atoms with van der Waals surface area (Å²) in [5, 5.41) is 47.5. The van der Waals surface area contributed by atoms with E-state index in [1.165, 1.54) is 21.6 Å². The molecule has 0 aromatic heterocycles. The molecule has 2 aliphatic rings. The highest BCUT2D eigenvalue weighted by Gasteiger charge is 2.29. The maximum absolute atomic E-state index is 5.39. The van der Waals surface area contributed by atoms with Crippen LogP contribution in [-0.2, 0) is 0 Å². The Morgan fingerprint density at radius 2 is 0.846 bits per heavy atom. The SMILES string of the molecule is CCNC(=S)N\N=C1/C(=N/N=C(/NCC)SS\C(=N/N=C2/C(=N\NC(=S)NCC)c3cccc4cccc2c34)NCC)c2cccc3cccc1c23. The van der Waals surface area contributed by atoms with Crippen molar-refractivity contribution in [2.75, 3.05) is 26.2 Å². The number of thiocarbonyl (C=S) groups is 2. The average molecular weight is 767 g/mol. The zero-order valence-corrected chi connectivity index (χ0v) is 32.3. The molecule has 6 N–H and O–H groups in total. The smallest absolute Gasteiger partial charge is 0.194 e. The molecule has 4 aromatic rings. The number of hydrogen-bond acceptors (Lipinski definition) is 10. The van der Waals surface area contributed by atoms with Crippen LogP contribution in [-0.4, -0.2) is 69.6 Å². The molecule has 16 heteroatoms. The van der Waals surface area contributed by atoms with E-state index in [9.17, 15) is 0 Å². The number of nitrogens with one attached hydrogen (secondary N) is 6. The molecular weight excluding hydrogens is 729 g/mol. The molecule has 0 bridgehead atoms. The molecule has 0 saturated carbocycles. The lowest BCUT2D eigenvalue weighted by Gasteiger charge is -2.09. The van der Waals surface area contributed by atoms with Gasteiger partial charge in [0.05, 0.1) is 0 Å². The zero-order chi connectivity index (χ0) is 36.5. The topological polar surface area (TPSA) is 146 Å². The van der Waals surface area contributed by atoms with Crippen LogP contribution in [0.2, 0.25) is 0 Å². The fraction of sp³-hybridized carbons (Fsp3) is 0.222. The second kappa shape index (κ2) is 17.5. The molecule has 266 valence electrons. The van der Waals surface area contributed by atoms with Crippen LogP contribution in [0, 0.1) is 0 Å². The summed E-state index contributed by atoms with van der Waals surface area (Å²) < 4.78 is 0.